The molecule has 0 radical (unpaired) electrons. The Bertz CT molecular complexity index is 548. The van der Waals surface area contributed by atoms with Crippen molar-refractivity contribution < 1.29 is 4.52 Å². The van der Waals surface area contributed by atoms with Gasteiger partial charge in [0.2, 0.25) is 0 Å². The van der Waals surface area contributed by atoms with Crippen molar-refractivity contribution in [3.63, 3.8) is 0 Å². The van der Waals surface area contributed by atoms with Crippen molar-refractivity contribution >= 4 is 27.5 Å². The number of nitrogens with two attached hydrogens (primary N) is 1. The van der Waals surface area contributed by atoms with Crippen molar-refractivity contribution in [3.05, 3.63) is 33.5 Å². The second kappa shape index (κ2) is 4.40. The van der Waals surface area contributed by atoms with Crippen molar-refractivity contribution in [2.24, 2.45) is 5.73 Å². The van der Waals surface area contributed by atoms with Crippen LogP contribution in [0.5, 0.6) is 0 Å². The van der Waals surface area contributed by atoms with Gasteiger partial charge in [-0.15, -0.1) is 0 Å². The van der Waals surface area contributed by atoms with Gasteiger partial charge in [0, 0.05) is 4.47 Å². The second-order valence-corrected chi connectivity index (χ2v) is 5.59. The fourth-order valence-electron chi connectivity index (χ4n) is 1.26. The first-order valence-electron chi connectivity index (χ1n) is 4.96. The summed E-state index contributed by atoms with van der Waals surface area (Å²) >= 11 is 9.43. The van der Waals surface area contributed by atoms with Crippen LogP contribution in [0.3, 0.4) is 0 Å². The zero-order valence-electron chi connectivity index (χ0n) is 9.37. The van der Waals surface area contributed by atoms with Gasteiger partial charge >= 0.3 is 0 Å². The Kier molecular flexibility index (Phi) is 3.25. The minimum Gasteiger partial charge on any atom is -0.334 e. The molecule has 0 unspecified atom stereocenters. The largest absolute Gasteiger partial charge is 0.334 e. The van der Waals surface area contributed by atoms with Crippen LogP contribution in [-0.2, 0) is 5.54 Å². The van der Waals surface area contributed by atoms with Crippen molar-refractivity contribution in [3.8, 4) is 11.5 Å². The first-order valence-corrected chi connectivity index (χ1v) is 6.13. The Labute approximate surface area is 112 Å². The number of hydrogen-bond acceptors (Lipinski definition) is 4. The van der Waals surface area contributed by atoms with E-state index in [1.165, 1.54) is 0 Å². The highest BCUT2D eigenvalue weighted by Crippen LogP contribution is 2.30. The SMILES string of the molecule is CC(C)(N)c1noc(-c2ccc(Br)cc2Cl)n1. The number of halogens is 2. The van der Waals surface area contributed by atoms with Gasteiger partial charge in [0.05, 0.1) is 16.1 Å². The third kappa shape index (κ3) is 2.68. The molecule has 0 saturated heterocycles. The van der Waals surface area contributed by atoms with E-state index < -0.39 is 5.54 Å². The Morgan fingerprint density at radius 3 is 2.65 bits per heavy atom. The van der Waals surface area contributed by atoms with E-state index in [9.17, 15) is 0 Å². The molecule has 17 heavy (non-hydrogen) atoms. The van der Waals surface area contributed by atoms with Crippen molar-refractivity contribution in [1.29, 1.82) is 0 Å². The normalized spacial score (nSPS) is 11.8. The second-order valence-electron chi connectivity index (χ2n) is 4.27. The molecule has 4 nitrogen and oxygen atoms in total. The van der Waals surface area contributed by atoms with Crippen LogP contribution in [0.15, 0.2) is 27.2 Å². The fraction of sp³-hybridized carbons (Fsp3) is 0.273. The molecule has 0 atom stereocenters. The van der Waals surface area contributed by atoms with E-state index in [1.54, 1.807) is 6.07 Å². The molecule has 0 spiro atoms. The van der Waals surface area contributed by atoms with Crippen LogP contribution in [0, 0.1) is 0 Å². The van der Waals surface area contributed by atoms with Gasteiger partial charge in [-0.2, -0.15) is 4.98 Å². The molecule has 2 N–H and O–H groups in total. The first-order chi connectivity index (χ1) is 7.88. The molecule has 6 heteroatoms. The molecule has 1 aromatic heterocycles. The molecular formula is C11H11BrClN3O. The Morgan fingerprint density at radius 2 is 2.12 bits per heavy atom. The average Bonchev–Trinajstić information content (AvgIpc) is 2.65. The van der Waals surface area contributed by atoms with Crippen LogP contribution in [0.25, 0.3) is 11.5 Å². The monoisotopic (exact) mass is 315 g/mol. The summed E-state index contributed by atoms with van der Waals surface area (Å²) in [4.78, 5) is 4.24. The average molecular weight is 317 g/mol. The Morgan fingerprint density at radius 1 is 1.41 bits per heavy atom. The highest BCUT2D eigenvalue weighted by Gasteiger charge is 2.22. The van der Waals surface area contributed by atoms with Gasteiger partial charge in [-0.25, -0.2) is 0 Å². The van der Waals surface area contributed by atoms with Crippen molar-refractivity contribution in [2.75, 3.05) is 0 Å². The molecular weight excluding hydrogens is 305 g/mol. The molecule has 2 rings (SSSR count). The zero-order valence-corrected chi connectivity index (χ0v) is 11.7. The van der Waals surface area contributed by atoms with Crippen molar-refractivity contribution in [2.45, 2.75) is 19.4 Å². The van der Waals surface area contributed by atoms with E-state index in [1.807, 2.05) is 26.0 Å². The Balaban J connectivity index is 2.44. The molecule has 0 saturated carbocycles. The highest BCUT2D eigenvalue weighted by atomic mass is 79.9. The van der Waals surface area contributed by atoms with Crippen LogP contribution < -0.4 is 5.73 Å². The Hall–Kier alpha value is -0.910. The third-order valence-electron chi connectivity index (χ3n) is 2.16. The molecule has 1 heterocycles. The van der Waals surface area contributed by atoms with Gasteiger partial charge in [-0.05, 0) is 32.0 Å². The minimum absolute atomic E-state index is 0.371. The molecule has 1 aromatic carbocycles. The van der Waals surface area contributed by atoms with Crippen LogP contribution in [0.4, 0.5) is 0 Å². The van der Waals surface area contributed by atoms with E-state index in [2.05, 4.69) is 26.1 Å². The van der Waals surface area contributed by atoms with E-state index >= 15 is 0 Å². The topological polar surface area (TPSA) is 64.9 Å². The summed E-state index contributed by atoms with van der Waals surface area (Å²) in [6.45, 7) is 3.62. The predicted octanol–water partition coefficient (Wildman–Crippen LogP) is 3.35. The lowest BCUT2D eigenvalue weighted by atomic mass is 10.1. The lowest BCUT2D eigenvalue weighted by Gasteiger charge is -2.11. The van der Waals surface area contributed by atoms with Gasteiger partial charge in [-0.3, -0.25) is 0 Å². The van der Waals surface area contributed by atoms with E-state index in [4.69, 9.17) is 21.9 Å². The summed E-state index contributed by atoms with van der Waals surface area (Å²) in [5.41, 5.74) is 5.94. The lowest BCUT2D eigenvalue weighted by Crippen LogP contribution is -2.30. The summed E-state index contributed by atoms with van der Waals surface area (Å²) in [6.07, 6.45) is 0. The molecule has 0 aliphatic carbocycles. The lowest BCUT2D eigenvalue weighted by molar-refractivity contribution is 0.397. The smallest absolute Gasteiger partial charge is 0.259 e. The number of rotatable bonds is 2. The maximum atomic E-state index is 6.10. The molecule has 90 valence electrons. The summed E-state index contributed by atoms with van der Waals surface area (Å²) in [5.74, 6) is 0.822. The number of hydrogen-bond donors (Lipinski definition) is 1. The summed E-state index contributed by atoms with van der Waals surface area (Å²) in [5, 5.41) is 4.39. The maximum absolute atomic E-state index is 6.10. The molecule has 0 aliphatic heterocycles. The maximum Gasteiger partial charge on any atom is 0.259 e. The van der Waals surface area contributed by atoms with E-state index in [-0.39, 0.29) is 0 Å². The van der Waals surface area contributed by atoms with E-state index in [0.717, 1.165) is 4.47 Å². The van der Waals surface area contributed by atoms with Gasteiger partial charge < -0.3 is 10.3 Å². The zero-order chi connectivity index (χ0) is 12.6. The summed E-state index contributed by atoms with van der Waals surface area (Å²) in [7, 11) is 0. The van der Waals surface area contributed by atoms with Gasteiger partial charge in [0.1, 0.15) is 0 Å². The molecule has 2 aromatic rings. The fourth-order valence-corrected chi connectivity index (χ4v) is 2.01. The van der Waals surface area contributed by atoms with Gasteiger partial charge in [0.25, 0.3) is 5.89 Å². The molecule has 0 bridgehead atoms. The van der Waals surface area contributed by atoms with E-state index in [0.29, 0.717) is 22.3 Å². The standard InChI is InChI=1S/C11H11BrClN3O/c1-11(2,14)10-15-9(17-16-10)7-4-3-6(12)5-8(7)13/h3-5H,14H2,1-2H3. The van der Waals surface area contributed by atoms with Crippen LogP contribution in [0.1, 0.15) is 19.7 Å². The van der Waals surface area contributed by atoms with Gasteiger partial charge in [-0.1, -0.05) is 32.7 Å². The number of nitrogens with zero attached hydrogens (tertiary/aromatic N) is 2. The third-order valence-corrected chi connectivity index (χ3v) is 2.97. The summed E-state index contributed by atoms with van der Waals surface area (Å²) in [6, 6.07) is 5.44. The number of benzene rings is 1. The van der Waals surface area contributed by atoms with Crippen molar-refractivity contribution in [1.82, 2.24) is 10.1 Å². The molecule has 0 aliphatic rings. The van der Waals surface area contributed by atoms with Crippen LogP contribution >= 0.6 is 27.5 Å². The predicted molar refractivity (Wildman–Crippen MR) is 69.7 cm³/mol. The highest BCUT2D eigenvalue weighted by molar-refractivity contribution is 9.10. The molecule has 0 amide bonds. The molecule has 0 fully saturated rings. The van der Waals surface area contributed by atoms with Crippen LogP contribution in [-0.4, -0.2) is 10.1 Å². The first kappa shape index (κ1) is 12.5. The number of aromatic nitrogens is 2. The van der Waals surface area contributed by atoms with Crippen LogP contribution in [0.2, 0.25) is 5.02 Å². The quantitative estimate of drug-likeness (QED) is 0.923. The minimum atomic E-state index is -0.635. The van der Waals surface area contributed by atoms with Gasteiger partial charge in [0.15, 0.2) is 5.82 Å². The summed E-state index contributed by atoms with van der Waals surface area (Å²) < 4.78 is 6.05.